The highest BCUT2D eigenvalue weighted by atomic mass is 16.5. The SMILES string of the molecule is COC(=O)CCCCCCCN=C(N)NC1CCCCC1. The van der Waals surface area contributed by atoms with Crippen LogP contribution in [0.2, 0.25) is 0 Å². The molecule has 0 spiro atoms. The fourth-order valence-corrected chi connectivity index (χ4v) is 2.71. The summed E-state index contributed by atoms with van der Waals surface area (Å²) in [6.45, 7) is 0.794. The second-order valence-corrected chi connectivity index (χ2v) is 5.84. The fourth-order valence-electron chi connectivity index (χ4n) is 2.71. The topological polar surface area (TPSA) is 76.7 Å². The van der Waals surface area contributed by atoms with Gasteiger partial charge >= 0.3 is 5.97 Å². The van der Waals surface area contributed by atoms with Gasteiger partial charge in [0, 0.05) is 19.0 Å². The summed E-state index contributed by atoms with van der Waals surface area (Å²) < 4.78 is 4.61. The quantitative estimate of drug-likeness (QED) is 0.297. The number of nitrogens with two attached hydrogens (primary N) is 1. The normalized spacial score (nSPS) is 16.7. The molecule has 1 rings (SSSR count). The molecular weight excluding hydrogens is 266 g/mol. The Morgan fingerprint density at radius 1 is 1.14 bits per heavy atom. The fraction of sp³-hybridized carbons (Fsp3) is 0.875. The van der Waals surface area contributed by atoms with E-state index in [1.54, 1.807) is 0 Å². The molecule has 0 aromatic heterocycles. The van der Waals surface area contributed by atoms with Crippen molar-refractivity contribution in [1.29, 1.82) is 0 Å². The number of unbranched alkanes of at least 4 members (excludes halogenated alkanes) is 4. The molecule has 3 N–H and O–H groups in total. The zero-order valence-electron chi connectivity index (χ0n) is 13.4. The third kappa shape index (κ3) is 9.32. The average Bonchev–Trinajstić information content (AvgIpc) is 2.50. The van der Waals surface area contributed by atoms with Crippen molar-refractivity contribution >= 4 is 11.9 Å². The molecular formula is C16H31N3O2. The van der Waals surface area contributed by atoms with Gasteiger partial charge in [-0.25, -0.2) is 0 Å². The minimum Gasteiger partial charge on any atom is -0.469 e. The summed E-state index contributed by atoms with van der Waals surface area (Å²) in [4.78, 5) is 15.3. The van der Waals surface area contributed by atoms with E-state index in [0.29, 0.717) is 18.4 Å². The van der Waals surface area contributed by atoms with Gasteiger partial charge in [-0.15, -0.1) is 0 Å². The zero-order chi connectivity index (χ0) is 15.3. The molecule has 0 aromatic rings. The first-order chi connectivity index (χ1) is 10.2. The van der Waals surface area contributed by atoms with Crippen molar-refractivity contribution in [2.75, 3.05) is 13.7 Å². The molecule has 1 aliphatic rings. The monoisotopic (exact) mass is 297 g/mol. The van der Waals surface area contributed by atoms with Crippen molar-refractivity contribution in [2.45, 2.75) is 76.7 Å². The molecule has 0 amide bonds. The van der Waals surface area contributed by atoms with Crippen LogP contribution in [0.15, 0.2) is 4.99 Å². The molecule has 1 aliphatic carbocycles. The number of hydrogen-bond donors (Lipinski definition) is 2. The van der Waals surface area contributed by atoms with E-state index in [9.17, 15) is 4.79 Å². The minimum atomic E-state index is -0.110. The lowest BCUT2D eigenvalue weighted by molar-refractivity contribution is -0.140. The van der Waals surface area contributed by atoms with Crippen molar-refractivity contribution in [3.8, 4) is 0 Å². The van der Waals surface area contributed by atoms with E-state index in [0.717, 1.165) is 38.6 Å². The van der Waals surface area contributed by atoms with Gasteiger partial charge in [-0.1, -0.05) is 38.5 Å². The first-order valence-corrected chi connectivity index (χ1v) is 8.35. The molecule has 1 saturated carbocycles. The van der Waals surface area contributed by atoms with Crippen LogP contribution in [0.25, 0.3) is 0 Å². The van der Waals surface area contributed by atoms with E-state index in [1.807, 2.05) is 0 Å². The summed E-state index contributed by atoms with van der Waals surface area (Å²) in [5.41, 5.74) is 5.90. The largest absolute Gasteiger partial charge is 0.469 e. The van der Waals surface area contributed by atoms with Gasteiger partial charge in [0.2, 0.25) is 0 Å². The van der Waals surface area contributed by atoms with Crippen molar-refractivity contribution in [3.63, 3.8) is 0 Å². The number of esters is 1. The number of nitrogens with zero attached hydrogens (tertiary/aromatic N) is 1. The van der Waals surface area contributed by atoms with E-state index < -0.39 is 0 Å². The molecule has 122 valence electrons. The molecule has 21 heavy (non-hydrogen) atoms. The molecule has 0 radical (unpaired) electrons. The van der Waals surface area contributed by atoms with Gasteiger partial charge in [-0.3, -0.25) is 9.79 Å². The third-order valence-electron chi connectivity index (χ3n) is 4.01. The van der Waals surface area contributed by atoms with Crippen LogP contribution in [0, 0.1) is 0 Å². The molecule has 0 aliphatic heterocycles. The number of nitrogens with one attached hydrogen (secondary N) is 1. The molecule has 0 aromatic carbocycles. The maximum Gasteiger partial charge on any atom is 0.305 e. The molecule has 0 saturated heterocycles. The first kappa shape index (κ1) is 17.8. The van der Waals surface area contributed by atoms with Crippen LogP contribution in [0.4, 0.5) is 0 Å². The first-order valence-electron chi connectivity index (χ1n) is 8.35. The Labute approximate surface area is 128 Å². The molecule has 0 unspecified atom stereocenters. The summed E-state index contributed by atoms with van der Waals surface area (Å²) >= 11 is 0. The molecule has 5 heteroatoms. The van der Waals surface area contributed by atoms with Gasteiger partial charge in [0.05, 0.1) is 7.11 Å². The van der Waals surface area contributed by atoms with Crippen LogP contribution in [0.1, 0.15) is 70.6 Å². The predicted octanol–water partition coefficient (Wildman–Crippen LogP) is 2.74. The van der Waals surface area contributed by atoms with Crippen LogP contribution < -0.4 is 11.1 Å². The molecule has 0 atom stereocenters. The van der Waals surface area contributed by atoms with Crippen LogP contribution >= 0.6 is 0 Å². The summed E-state index contributed by atoms with van der Waals surface area (Å²) in [7, 11) is 1.44. The molecule has 1 fully saturated rings. The number of aliphatic imine (C=N–C) groups is 1. The Hall–Kier alpha value is -1.26. The van der Waals surface area contributed by atoms with E-state index in [2.05, 4.69) is 15.0 Å². The van der Waals surface area contributed by atoms with Crippen LogP contribution in [-0.4, -0.2) is 31.6 Å². The van der Waals surface area contributed by atoms with Gasteiger partial charge in [0.1, 0.15) is 0 Å². The predicted molar refractivity (Wildman–Crippen MR) is 86.2 cm³/mol. The maximum absolute atomic E-state index is 10.9. The Morgan fingerprint density at radius 2 is 1.81 bits per heavy atom. The standard InChI is InChI=1S/C16H31N3O2/c1-21-15(20)12-8-3-2-4-9-13-18-16(17)19-14-10-6-5-7-11-14/h14H,2-13H2,1H3,(H3,17,18,19). The van der Waals surface area contributed by atoms with E-state index in [1.165, 1.54) is 39.2 Å². The van der Waals surface area contributed by atoms with Gasteiger partial charge in [0.25, 0.3) is 0 Å². The summed E-state index contributed by atoms with van der Waals surface area (Å²) in [6, 6.07) is 0.529. The van der Waals surface area contributed by atoms with Gasteiger partial charge in [-0.05, 0) is 25.7 Å². The number of carbonyl (C=O) groups excluding carboxylic acids is 1. The van der Waals surface area contributed by atoms with Gasteiger partial charge < -0.3 is 15.8 Å². The summed E-state index contributed by atoms with van der Waals surface area (Å²) in [6.07, 6.45) is 12.3. The maximum atomic E-state index is 10.9. The smallest absolute Gasteiger partial charge is 0.305 e. The van der Waals surface area contributed by atoms with Crippen molar-refractivity contribution < 1.29 is 9.53 Å². The van der Waals surface area contributed by atoms with E-state index >= 15 is 0 Å². The number of rotatable bonds is 9. The number of methoxy groups -OCH3 is 1. The third-order valence-corrected chi connectivity index (χ3v) is 4.01. The summed E-state index contributed by atoms with van der Waals surface area (Å²) in [5.74, 6) is 0.494. The van der Waals surface area contributed by atoms with Gasteiger partial charge in [-0.2, -0.15) is 0 Å². The second-order valence-electron chi connectivity index (χ2n) is 5.84. The molecule has 5 nitrogen and oxygen atoms in total. The van der Waals surface area contributed by atoms with E-state index in [4.69, 9.17) is 5.73 Å². The second kappa shape index (κ2) is 11.4. The Morgan fingerprint density at radius 3 is 2.52 bits per heavy atom. The Bertz CT molecular complexity index is 313. The van der Waals surface area contributed by atoms with Crippen molar-refractivity contribution in [2.24, 2.45) is 10.7 Å². The lowest BCUT2D eigenvalue weighted by atomic mass is 9.96. The van der Waals surface area contributed by atoms with Crippen LogP contribution in [-0.2, 0) is 9.53 Å². The van der Waals surface area contributed by atoms with E-state index in [-0.39, 0.29) is 5.97 Å². The zero-order valence-corrected chi connectivity index (χ0v) is 13.4. The highest BCUT2D eigenvalue weighted by molar-refractivity contribution is 5.78. The lowest BCUT2D eigenvalue weighted by Gasteiger charge is -2.23. The number of carbonyl (C=O) groups is 1. The number of hydrogen-bond acceptors (Lipinski definition) is 3. The van der Waals surface area contributed by atoms with Crippen molar-refractivity contribution in [1.82, 2.24) is 5.32 Å². The molecule has 0 heterocycles. The number of guanidine groups is 1. The molecule has 0 bridgehead atoms. The summed E-state index contributed by atoms with van der Waals surface area (Å²) in [5, 5.41) is 3.33. The number of ether oxygens (including phenoxy) is 1. The van der Waals surface area contributed by atoms with Crippen molar-refractivity contribution in [3.05, 3.63) is 0 Å². The van der Waals surface area contributed by atoms with Crippen LogP contribution in [0.3, 0.4) is 0 Å². The Kier molecular flexibility index (Phi) is 9.66. The average molecular weight is 297 g/mol. The Balaban J connectivity index is 1.94. The van der Waals surface area contributed by atoms with Gasteiger partial charge in [0.15, 0.2) is 5.96 Å². The highest BCUT2D eigenvalue weighted by Gasteiger charge is 2.12. The lowest BCUT2D eigenvalue weighted by Crippen LogP contribution is -2.41. The van der Waals surface area contributed by atoms with Crippen LogP contribution in [0.5, 0.6) is 0 Å². The highest BCUT2D eigenvalue weighted by Crippen LogP contribution is 2.17. The minimum absolute atomic E-state index is 0.110.